The number of nitrogens with one attached hydrogen (secondary N) is 1. The van der Waals surface area contributed by atoms with Crippen LogP contribution in [0.25, 0.3) is 0 Å². The smallest absolute Gasteiger partial charge is 0.351 e. The van der Waals surface area contributed by atoms with Crippen molar-refractivity contribution in [3.63, 3.8) is 0 Å². The van der Waals surface area contributed by atoms with E-state index in [9.17, 15) is 9.59 Å². The van der Waals surface area contributed by atoms with Crippen molar-refractivity contribution in [3.05, 3.63) is 39.9 Å². The highest BCUT2D eigenvalue weighted by Gasteiger charge is 2.17. The number of hydrogen-bond acceptors (Lipinski definition) is 7. The number of methoxy groups -OCH3 is 2. The Morgan fingerprint density at radius 2 is 1.92 bits per heavy atom. The van der Waals surface area contributed by atoms with Gasteiger partial charge in [0.05, 0.1) is 20.1 Å². The lowest BCUT2D eigenvalue weighted by atomic mass is 10.0. The number of aromatic nitrogens is 1. The van der Waals surface area contributed by atoms with Crippen molar-refractivity contribution in [2.45, 2.75) is 13.3 Å². The summed E-state index contributed by atoms with van der Waals surface area (Å²) in [6.07, 6.45) is 0.600. The first-order valence-electron chi connectivity index (χ1n) is 7.13. The van der Waals surface area contributed by atoms with Crippen LogP contribution in [0.15, 0.2) is 24.3 Å². The Hall–Kier alpha value is -2.12. The van der Waals surface area contributed by atoms with Crippen molar-refractivity contribution in [2.24, 2.45) is 5.92 Å². The molecule has 0 amide bonds. The van der Waals surface area contributed by atoms with Gasteiger partial charge in [-0.1, -0.05) is 42.0 Å². The molecule has 2 rings (SSSR count). The Labute approximate surface area is 148 Å². The van der Waals surface area contributed by atoms with Crippen LogP contribution in [-0.2, 0) is 20.7 Å². The van der Waals surface area contributed by atoms with Crippen LogP contribution in [0, 0.1) is 5.92 Å². The molecule has 0 bridgehead atoms. The van der Waals surface area contributed by atoms with Gasteiger partial charge in [-0.2, -0.15) is 0 Å². The van der Waals surface area contributed by atoms with Crippen molar-refractivity contribution in [3.8, 4) is 0 Å². The van der Waals surface area contributed by atoms with Crippen LogP contribution in [0.3, 0.4) is 0 Å². The first kappa shape index (κ1) is 18.2. The normalized spacial score (nSPS) is 11.7. The topological polar surface area (TPSA) is 77.5 Å². The summed E-state index contributed by atoms with van der Waals surface area (Å²) in [5.41, 5.74) is 1.82. The van der Waals surface area contributed by atoms with E-state index in [0.717, 1.165) is 22.6 Å². The Morgan fingerprint density at radius 3 is 2.50 bits per heavy atom. The van der Waals surface area contributed by atoms with Crippen molar-refractivity contribution in [1.29, 1.82) is 0 Å². The zero-order valence-electron chi connectivity index (χ0n) is 13.5. The first-order valence-corrected chi connectivity index (χ1v) is 8.32. The number of halogens is 1. The van der Waals surface area contributed by atoms with Gasteiger partial charge in [-0.15, -0.1) is 0 Å². The summed E-state index contributed by atoms with van der Waals surface area (Å²) in [7, 11) is 2.67. The zero-order valence-corrected chi connectivity index (χ0v) is 15.0. The average Bonchev–Trinajstić information content (AvgIpc) is 2.95. The Morgan fingerprint density at radius 1 is 1.25 bits per heavy atom. The number of anilines is 2. The minimum absolute atomic E-state index is 0.109. The van der Waals surface area contributed by atoms with Crippen molar-refractivity contribution >= 4 is 45.7 Å². The largest absolute Gasteiger partial charge is 0.469 e. The molecule has 128 valence electrons. The van der Waals surface area contributed by atoms with Crippen LogP contribution in [0.2, 0.25) is 5.15 Å². The highest BCUT2D eigenvalue weighted by molar-refractivity contribution is 7.18. The molecular weight excluding hydrogens is 352 g/mol. The molecular formula is C16H17ClN2O4S. The molecule has 0 saturated heterocycles. The van der Waals surface area contributed by atoms with Gasteiger partial charge in [0.1, 0.15) is 0 Å². The highest BCUT2D eigenvalue weighted by Crippen LogP contribution is 2.29. The lowest BCUT2D eigenvalue weighted by molar-refractivity contribution is -0.144. The fourth-order valence-corrected chi connectivity index (χ4v) is 3.18. The van der Waals surface area contributed by atoms with E-state index in [0.29, 0.717) is 11.6 Å². The Bertz CT molecular complexity index is 730. The van der Waals surface area contributed by atoms with Crippen molar-refractivity contribution < 1.29 is 19.1 Å². The van der Waals surface area contributed by atoms with E-state index in [-0.39, 0.29) is 21.9 Å². The molecule has 0 radical (unpaired) electrons. The number of rotatable bonds is 6. The van der Waals surface area contributed by atoms with E-state index in [1.165, 1.54) is 14.2 Å². The summed E-state index contributed by atoms with van der Waals surface area (Å²) in [4.78, 5) is 27.3. The molecule has 0 spiro atoms. The third-order valence-corrected chi connectivity index (χ3v) is 4.64. The molecule has 0 aliphatic heterocycles. The van der Waals surface area contributed by atoms with Gasteiger partial charge in [-0.3, -0.25) is 4.79 Å². The summed E-state index contributed by atoms with van der Waals surface area (Å²) in [6, 6.07) is 7.56. The van der Waals surface area contributed by atoms with Crippen molar-refractivity contribution in [1.82, 2.24) is 4.98 Å². The maximum absolute atomic E-state index is 11.5. The second-order valence-corrected chi connectivity index (χ2v) is 6.44. The van der Waals surface area contributed by atoms with E-state index < -0.39 is 5.97 Å². The molecule has 1 unspecified atom stereocenters. The van der Waals surface area contributed by atoms with E-state index in [4.69, 9.17) is 16.3 Å². The predicted octanol–water partition coefficient (Wildman–Crippen LogP) is 3.68. The number of benzene rings is 1. The van der Waals surface area contributed by atoms with Gasteiger partial charge in [-0.25, -0.2) is 9.78 Å². The fourth-order valence-electron chi connectivity index (χ4n) is 2.06. The highest BCUT2D eigenvalue weighted by atomic mass is 35.5. The van der Waals surface area contributed by atoms with Gasteiger partial charge in [0.2, 0.25) is 0 Å². The van der Waals surface area contributed by atoms with Gasteiger partial charge in [-0.05, 0) is 24.1 Å². The minimum Gasteiger partial charge on any atom is -0.469 e. The maximum Gasteiger partial charge on any atom is 0.351 e. The number of thiazole rings is 1. The van der Waals surface area contributed by atoms with Crippen molar-refractivity contribution in [2.75, 3.05) is 19.5 Å². The summed E-state index contributed by atoms with van der Waals surface area (Å²) < 4.78 is 9.36. The van der Waals surface area contributed by atoms with E-state index in [1.807, 2.05) is 31.2 Å². The van der Waals surface area contributed by atoms with Crippen LogP contribution < -0.4 is 5.32 Å². The predicted molar refractivity (Wildman–Crippen MR) is 93.1 cm³/mol. The molecule has 0 fully saturated rings. The fraction of sp³-hybridized carbons (Fsp3) is 0.312. The third kappa shape index (κ3) is 4.46. The molecule has 1 heterocycles. The standard InChI is InChI=1S/C16H17ClN2O4S/c1-9(14(20)22-2)8-10-4-6-11(7-5-10)18-16-19-13(17)12(24-16)15(21)23-3/h4-7,9H,8H2,1-3H3,(H,18,19). The second-order valence-electron chi connectivity index (χ2n) is 5.08. The van der Waals surface area contributed by atoms with Crippen LogP contribution in [0.1, 0.15) is 22.2 Å². The number of esters is 2. The number of ether oxygens (including phenoxy) is 2. The second kappa shape index (κ2) is 8.12. The molecule has 24 heavy (non-hydrogen) atoms. The van der Waals surface area contributed by atoms with Gasteiger partial charge in [0, 0.05) is 5.69 Å². The molecule has 8 heteroatoms. The average molecular weight is 369 g/mol. The number of carbonyl (C=O) groups excluding carboxylic acids is 2. The minimum atomic E-state index is -0.516. The third-order valence-electron chi connectivity index (χ3n) is 3.31. The summed E-state index contributed by atoms with van der Waals surface area (Å²) in [5.74, 6) is -0.947. The quantitative estimate of drug-likeness (QED) is 0.784. The van der Waals surface area contributed by atoms with Crippen LogP contribution in [-0.4, -0.2) is 31.1 Å². The lowest BCUT2D eigenvalue weighted by Crippen LogP contribution is -2.15. The molecule has 1 atom stereocenters. The number of nitrogens with zero attached hydrogens (tertiary/aromatic N) is 1. The molecule has 1 N–H and O–H groups in total. The lowest BCUT2D eigenvalue weighted by Gasteiger charge is -2.09. The number of carbonyl (C=O) groups is 2. The van der Waals surface area contributed by atoms with Gasteiger partial charge < -0.3 is 14.8 Å². The SMILES string of the molecule is COC(=O)c1sc(Nc2ccc(CC(C)C(=O)OC)cc2)nc1Cl. The Balaban J connectivity index is 2.04. The van der Waals surface area contributed by atoms with Crippen LogP contribution in [0.4, 0.5) is 10.8 Å². The maximum atomic E-state index is 11.5. The molecule has 0 aliphatic rings. The van der Waals surface area contributed by atoms with Gasteiger partial charge in [0.15, 0.2) is 15.2 Å². The number of hydrogen-bond donors (Lipinski definition) is 1. The summed E-state index contributed by atoms with van der Waals surface area (Å²) >= 11 is 7.04. The molecule has 0 aliphatic carbocycles. The summed E-state index contributed by atoms with van der Waals surface area (Å²) in [5, 5.41) is 3.69. The molecule has 1 aromatic heterocycles. The van der Waals surface area contributed by atoms with E-state index >= 15 is 0 Å². The molecule has 2 aromatic rings. The van der Waals surface area contributed by atoms with Crippen LogP contribution >= 0.6 is 22.9 Å². The Kier molecular flexibility index (Phi) is 6.16. The van der Waals surface area contributed by atoms with Gasteiger partial charge in [0.25, 0.3) is 0 Å². The van der Waals surface area contributed by atoms with Crippen LogP contribution in [0.5, 0.6) is 0 Å². The van der Waals surface area contributed by atoms with Gasteiger partial charge >= 0.3 is 11.9 Å². The molecule has 1 aromatic carbocycles. The molecule has 0 saturated carbocycles. The zero-order chi connectivity index (χ0) is 17.7. The molecule has 6 nitrogen and oxygen atoms in total. The summed E-state index contributed by atoms with van der Waals surface area (Å²) in [6.45, 7) is 1.82. The van der Waals surface area contributed by atoms with E-state index in [2.05, 4.69) is 15.0 Å². The first-order chi connectivity index (χ1) is 11.4. The monoisotopic (exact) mass is 368 g/mol. The van der Waals surface area contributed by atoms with E-state index in [1.54, 1.807) is 0 Å².